The van der Waals surface area contributed by atoms with Crippen LogP contribution in [0.4, 0.5) is 18.9 Å². The Morgan fingerprint density at radius 1 is 1.00 bits per heavy atom. The Morgan fingerprint density at radius 3 is 2.58 bits per heavy atom. The quantitative estimate of drug-likeness (QED) is 0.454. The standard InChI is InChI=1S/C21H14F3N3O4/c22-21(23,24)12-30-16-8-2-1-7-15(16)18(28)25-14-6-3-5-13(11-14)19-26-27-20(31-19)17-9-4-10-29-17/h1-11H,12H2,(H,25,28). The number of alkyl halides is 3. The molecule has 0 atom stereocenters. The maximum Gasteiger partial charge on any atom is 0.422 e. The predicted molar refractivity (Wildman–Crippen MR) is 103 cm³/mol. The lowest BCUT2D eigenvalue weighted by Crippen LogP contribution is -2.21. The summed E-state index contributed by atoms with van der Waals surface area (Å²) in [7, 11) is 0. The van der Waals surface area contributed by atoms with Crippen molar-refractivity contribution in [2.75, 3.05) is 11.9 Å². The second-order valence-corrected chi connectivity index (χ2v) is 6.32. The first-order valence-electron chi connectivity index (χ1n) is 8.97. The number of anilines is 1. The Bertz CT molecular complexity index is 1190. The molecular weight excluding hydrogens is 415 g/mol. The lowest BCUT2D eigenvalue weighted by Gasteiger charge is -2.13. The minimum atomic E-state index is -4.52. The molecule has 0 saturated heterocycles. The molecule has 0 aliphatic carbocycles. The molecular formula is C21H14F3N3O4. The first kappa shape index (κ1) is 20.2. The molecule has 0 saturated carbocycles. The number of carbonyl (C=O) groups excluding carboxylic acids is 1. The van der Waals surface area contributed by atoms with E-state index in [1.807, 2.05) is 0 Å². The molecule has 0 aliphatic heterocycles. The summed E-state index contributed by atoms with van der Waals surface area (Å²) < 4.78 is 53.0. The van der Waals surface area contributed by atoms with Crippen LogP contribution in [0.5, 0.6) is 5.75 Å². The minimum Gasteiger partial charge on any atom is -0.483 e. The summed E-state index contributed by atoms with van der Waals surface area (Å²) in [4.78, 5) is 12.6. The minimum absolute atomic E-state index is 0.0324. The fourth-order valence-corrected chi connectivity index (χ4v) is 2.71. The summed E-state index contributed by atoms with van der Waals surface area (Å²) in [6.45, 7) is -1.50. The summed E-state index contributed by atoms with van der Waals surface area (Å²) in [5.74, 6) is 0.0189. The molecule has 2 heterocycles. The monoisotopic (exact) mass is 429 g/mol. The van der Waals surface area contributed by atoms with Crippen molar-refractivity contribution in [3.63, 3.8) is 0 Å². The third-order valence-electron chi connectivity index (χ3n) is 4.05. The van der Waals surface area contributed by atoms with Crippen molar-refractivity contribution in [1.29, 1.82) is 0 Å². The van der Waals surface area contributed by atoms with E-state index in [-0.39, 0.29) is 23.1 Å². The van der Waals surface area contributed by atoms with Crippen LogP contribution in [0.3, 0.4) is 0 Å². The lowest BCUT2D eigenvalue weighted by molar-refractivity contribution is -0.153. The molecule has 0 aliphatic rings. The SMILES string of the molecule is O=C(Nc1cccc(-c2nnc(-c3ccco3)o2)c1)c1ccccc1OCC(F)(F)F. The van der Waals surface area contributed by atoms with Crippen molar-refractivity contribution >= 4 is 11.6 Å². The Balaban J connectivity index is 1.52. The number of aromatic nitrogens is 2. The highest BCUT2D eigenvalue weighted by molar-refractivity contribution is 6.06. The second-order valence-electron chi connectivity index (χ2n) is 6.32. The van der Waals surface area contributed by atoms with Crippen LogP contribution in [-0.2, 0) is 0 Å². The number of carbonyl (C=O) groups is 1. The lowest BCUT2D eigenvalue weighted by atomic mass is 10.1. The number of hydrogen-bond donors (Lipinski definition) is 1. The van der Waals surface area contributed by atoms with Gasteiger partial charge in [0.2, 0.25) is 5.89 Å². The summed E-state index contributed by atoms with van der Waals surface area (Å²) in [6.07, 6.45) is -3.04. The Labute approximate surface area is 173 Å². The zero-order valence-corrected chi connectivity index (χ0v) is 15.7. The number of furan rings is 1. The fourth-order valence-electron chi connectivity index (χ4n) is 2.71. The molecule has 31 heavy (non-hydrogen) atoms. The van der Waals surface area contributed by atoms with E-state index in [1.165, 1.54) is 30.5 Å². The third-order valence-corrected chi connectivity index (χ3v) is 4.05. The van der Waals surface area contributed by atoms with E-state index < -0.39 is 18.7 Å². The maximum atomic E-state index is 12.6. The molecule has 2 aromatic carbocycles. The number of amides is 1. The number of nitrogens with one attached hydrogen (secondary N) is 1. The van der Waals surface area contributed by atoms with Gasteiger partial charge in [-0.1, -0.05) is 18.2 Å². The average molecular weight is 429 g/mol. The van der Waals surface area contributed by atoms with Crippen LogP contribution in [0.25, 0.3) is 23.1 Å². The smallest absolute Gasteiger partial charge is 0.422 e. The summed E-state index contributed by atoms with van der Waals surface area (Å²) in [5, 5.41) is 10.5. The molecule has 0 bridgehead atoms. The van der Waals surface area contributed by atoms with Gasteiger partial charge in [0, 0.05) is 11.3 Å². The van der Waals surface area contributed by atoms with E-state index in [4.69, 9.17) is 13.6 Å². The molecule has 4 aromatic rings. The van der Waals surface area contributed by atoms with Crippen molar-refractivity contribution in [1.82, 2.24) is 10.2 Å². The number of para-hydroxylation sites is 1. The molecule has 1 N–H and O–H groups in total. The van der Waals surface area contributed by atoms with Gasteiger partial charge < -0.3 is 18.9 Å². The highest BCUT2D eigenvalue weighted by Gasteiger charge is 2.29. The van der Waals surface area contributed by atoms with Gasteiger partial charge in [-0.3, -0.25) is 4.79 Å². The van der Waals surface area contributed by atoms with Crippen LogP contribution in [0.15, 0.2) is 75.8 Å². The number of nitrogens with zero attached hydrogens (tertiary/aromatic N) is 2. The number of ether oxygens (including phenoxy) is 1. The molecule has 0 radical (unpaired) electrons. The van der Waals surface area contributed by atoms with Crippen LogP contribution in [0.1, 0.15) is 10.4 Å². The van der Waals surface area contributed by atoms with E-state index in [1.54, 1.807) is 36.4 Å². The Morgan fingerprint density at radius 2 is 1.81 bits per heavy atom. The van der Waals surface area contributed by atoms with Crippen LogP contribution >= 0.6 is 0 Å². The largest absolute Gasteiger partial charge is 0.483 e. The highest BCUT2D eigenvalue weighted by atomic mass is 19.4. The average Bonchev–Trinajstić information content (AvgIpc) is 3.44. The van der Waals surface area contributed by atoms with Gasteiger partial charge >= 0.3 is 6.18 Å². The molecule has 0 spiro atoms. The van der Waals surface area contributed by atoms with E-state index >= 15 is 0 Å². The second kappa shape index (κ2) is 8.34. The van der Waals surface area contributed by atoms with Crippen molar-refractivity contribution < 1.29 is 31.5 Å². The third kappa shape index (κ3) is 4.92. The first-order chi connectivity index (χ1) is 14.9. The molecule has 4 rings (SSSR count). The van der Waals surface area contributed by atoms with Gasteiger partial charge in [0.1, 0.15) is 5.75 Å². The van der Waals surface area contributed by atoms with Crippen molar-refractivity contribution in [2.45, 2.75) is 6.18 Å². The van der Waals surface area contributed by atoms with Crippen LogP contribution in [0.2, 0.25) is 0 Å². The van der Waals surface area contributed by atoms with Crippen molar-refractivity contribution in [3.05, 3.63) is 72.5 Å². The van der Waals surface area contributed by atoms with Gasteiger partial charge in [-0.25, -0.2) is 0 Å². The number of hydrogen-bond acceptors (Lipinski definition) is 6. The highest BCUT2D eigenvalue weighted by Crippen LogP contribution is 2.27. The molecule has 0 unspecified atom stereocenters. The van der Waals surface area contributed by atoms with Gasteiger partial charge in [-0.15, -0.1) is 10.2 Å². The normalized spacial score (nSPS) is 11.3. The van der Waals surface area contributed by atoms with Gasteiger partial charge in [-0.2, -0.15) is 13.2 Å². The predicted octanol–water partition coefficient (Wildman–Crippen LogP) is 5.19. The van der Waals surface area contributed by atoms with Gasteiger partial charge in [0.15, 0.2) is 12.4 Å². The van der Waals surface area contributed by atoms with Crippen LogP contribution < -0.4 is 10.1 Å². The van der Waals surface area contributed by atoms with Gasteiger partial charge in [0.05, 0.1) is 11.8 Å². The molecule has 0 fully saturated rings. The molecule has 2 aromatic heterocycles. The van der Waals surface area contributed by atoms with Crippen LogP contribution in [-0.4, -0.2) is 28.9 Å². The van der Waals surface area contributed by atoms with E-state index in [2.05, 4.69) is 15.5 Å². The topological polar surface area (TPSA) is 90.4 Å². The number of halogens is 3. The van der Waals surface area contributed by atoms with Gasteiger partial charge in [-0.05, 0) is 42.5 Å². The number of rotatable bonds is 6. The van der Waals surface area contributed by atoms with E-state index in [0.717, 1.165) is 0 Å². The molecule has 7 nitrogen and oxygen atoms in total. The molecule has 158 valence electrons. The van der Waals surface area contributed by atoms with Crippen molar-refractivity contribution in [3.8, 4) is 28.9 Å². The number of benzene rings is 2. The maximum absolute atomic E-state index is 12.6. The zero-order valence-electron chi connectivity index (χ0n) is 15.7. The Kier molecular flexibility index (Phi) is 5.44. The first-order valence-corrected chi connectivity index (χ1v) is 8.97. The zero-order chi connectivity index (χ0) is 21.8. The van der Waals surface area contributed by atoms with E-state index in [9.17, 15) is 18.0 Å². The van der Waals surface area contributed by atoms with Gasteiger partial charge in [0.25, 0.3) is 11.8 Å². The fraction of sp³-hybridized carbons (Fsp3) is 0.0952. The molecule has 10 heteroatoms. The summed E-state index contributed by atoms with van der Waals surface area (Å²) >= 11 is 0. The Hall–Kier alpha value is -4.08. The summed E-state index contributed by atoms with van der Waals surface area (Å²) in [5.41, 5.74) is 0.880. The summed E-state index contributed by atoms with van der Waals surface area (Å²) in [6, 6.07) is 15.6. The van der Waals surface area contributed by atoms with E-state index in [0.29, 0.717) is 17.0 Å². The van der Waals surface area contributed by atoms with Crippen molar-refractivity contribution in [2.24, 2.45) is 0 Å². The van der Waals surface area contributed by atoms with Crippen LogP contribution in [0, 0.1) is 0 Å². The molecule has 1 amide bonds.